The fourth-order valence-corrected chi connectivity index (χ4v) is 5.44. The van der Waals surface area contributed by atoms with Crippen LogP contribution >= 0.6 is 15.9 Å². The third-order valence-corrected chi connectivity index (χ3v) is 7.38. The number of ketones is 1. The molecule has 2 aliphatic heterocycles. The molecule has 2 aliphatic rings. The summed E-state index contributed by atoms with van der Waals surface area (Å²) in [4.78, 5) is 28.2. The van der Waals surface area contributed by atoms with E-state index in [1.165, 1.54) is 12.0 Å². The maximum atomic E-state index is 13.4. The van der Waals surface area contributed by atoms with Gasteiger partial charge in [0.1, 0.15) is 17.6 Å². The molecule has 2 N–H and O–H groups in total. The summed E-state index contributed by atoms with van der Waals surface area (Å²) in [5.41, 5.74) is 2.89. The van der Waals surface area contributed by atoms with E-state index < -0.39 is 17.7 Å². The molecular weight excluding hydrogens is 538 g/mol. The molecular formula is C29H26BrNO6. The number of methoxy groups -OCH3 is 1. The minimum Gasteiger partial charge on any atom is -0.507 e. The number of Topliss-reactive ketones (excluding diaryl/α,β-unsaturated/α-hetero) is 1. The van der Waals surface area contributed by atoms with Crippen molar-refractivity contribution in [2.75, 3.05) is 13.7 Å². The van der Waals surface area contributed by atoms with E-state index in [0.717, 1.165) is 16.9 Å². The van der Waals surface area contributed by atoms with Gasteiger partial charge < -0.3 is 24.6 Å². The summed E-state index contributed by atoms with van der Waals surface area (Å²) in [6.07, 6.45) is 1.24. The van der Waals surface area contributed by atoms with Crippen LogP contribution in [0.1, 0.15) is 35.2 Å². The first-order chi connectivity index (χ1) is 17.8. The monoisotopic (exact) mass is 563 g/mol. The summed E-state index contributed by atoms with van der Waals surface area (Å²) in [6, 6.07) is 17.3. The van der Waals surface area contributed by atoms with Crippen molar-refractivity contribution in [2.45, 2.75) is 31.9 Å². The molecule has 0 bridgehead atoms. The van der Waals surface area contributed by atoms with Gasteiger partial charge in [0.2, 0.25) is 0 Å². The molecule has 8 heteroatoms. The number of rotatable bonds is 6. The molecule has 0 unspecified atom stereocenters. The number of nitrogens with zero attached hydrogens (tertiary/aromatic N) is 1. The Morgan fingerprint density at radius 1 is 1.14 bits per heavy atom. The van der Waals surface area contributed by atoms with Gasteiger partial charge in [-0.3, -0.25) is 9.59 Å². The average molecular weight is 564 g/mol. The highest BCUT2D eigenvalue weighted by Gasteiger charge is 2.46. The fraction of sp³-hybridized carbons (Fsp3) is 0.241. The van der Waals surface area contributed by atoms with E-state index >= 15 is 0 Å². The summed E-state index contributed by atoms with van der Waals surface area (Å²) in [5.74, 6) is -0.873. The topological polar surface area (TPSA) is 96.3 Å². The SMILES string of the molecule is COc1cc([C@@H]2/C(=C(\O)c3ccc4c(c3)C[C@H](C)O4)C(=O)C(=O)N2CCc2ccccc2)cc(Br)c1O. The van der Waals surface area contributed by atoms with Crippen LogP contribution in [0.15, 0.2) is 70.7 Å². The number of ether oxygens (including phenoxy) is 2. The lowest BCUT2D eigenvalue weighted by Gasteiger charge is -2.26. The Morgan fingerprint density at radius 2 is 1.89 bits per heavy atom. The molecule has 1 saturated heterocycles. The summed E-state index contributed by atoms with van der Waals surface area (Å²) < 4.78 is 11.4. The highest BCUT2D eigenvalue weighted by molar-refractivity contribution is 9.10. The molecule has 3 aromatic carbocycles. The second kappa shape index (κ2) is 9.94. The van der Waals surface area contributed by atoms with Crippen LogP contribution in [-0.2, 0) is 22.4 Å². The van der Waals surface area contributed by atoms with Crippen molar-refractivity contribution in [3.63, 3.8) is 0 Å². The van der Waals surface area contributed by atoms with Gasteiger partial charge >= 0.3 is 0 Å². The number of aliphatic hydroxyl groups excluding tert-OH is 1. The van der Waals surface area contributed by atoms with Gasteiger partial charge in [0.25, 0.3) is 11.7 Å². The van der Waals surface area contributed by atoms with Crippen LogP contribution in [0, 0.1) is 0 Å². The van der Waals surface area contributed by atoms with Gasteiger partial charge in [0.05, 0.1) is 23.2 Å². The quantitative estimate of drug-likeness (QED) is 0.244. The fourth-order valence-electron chi connectivity index (χ4n) is 4.98. The second-order valence-electron chi connectivity index (χ2n) is 9.24. The van der Waals surface area contributed by atoms with E-state index in [0.29, 0.717) is 28.4 Å². The molecule has 3 aromatic rings. The number of hydrogen-bond donors (Lipinski definition) is 2. The van der Waals surface area contributed by atoms with E-state index in [9.17, 15) is 19.8 Å². The van der Waals surface area contributed by atoms with E-state index in [1.807, 2.05) is 37.3 Å². The van der Waals surface area contributed by atoms with Crippen molar-refractivity contribution >= 4 is 33.4 Å². The number of likely N-dealkylation sites (tertiary alicyclic amines) is 1. The normalized spacial score (nSPS) is 20.1. The number of phenolic OH excluding ortho intramolecular Hbond substituents is 1. The lowest BCUT2D eigenvalue weighted by molar-refractivity contribution is -0.139. The molecule has 5 rings (SSSR count). The number of carbonyl (C=O) groups excluding carboxylic acids is 2. The minimum atomic E-state index is -0.877. The Labute approximate surface area is 223 Å². The van der Waals surface area contributed by atoms with Gasteiger partial charge in [-0.1, -0.05) is 30.3 Å². The van der Waals surface area contributed by atoms with Crippen molar-refractivity contribution < 1.29 is 29.3 Å². The Kier molecular flexibility index (Phi) is 6.69. The highest BCUT2D eigenvalue weighted by Crippen LogP contribution is 2.44. The standard InChI is InChI=1S/C29H26BrNO6/c1-16-12-19-13-18(8-9-22(19)37-16)26(32)24-25(20-14-21(30)27(33)23(15-20)36-2)31(29(35)28(24)34)11-10-17-6-4-3-5-7-17/h3-9,13-16,25,32-33H,10-12H2,1-2H3/b26-24+/t16-,25+/m0/s1. The summed E-state index contributed by atoms with van der Waals surface area (Å²) >= 11 is 3.34. The zero-order chi connectivity index (χ0) is 26.3. The Hall–Kier alpha value is -3.78. The van der Waals surface area contributed by atoms with Crippen LogP contribution < -0.4 is 9.47 Å². The number of phenols is 1. The van der Waals surface area contributed by atoms with Gasteiger partial charge in [0, 0.05) is 18.5 Å². The zero-order valence-corrected chi connectivity index (χ0v) is 22.0. The summed E-state index contributed by atoms with van der Waals surface area (Å²) in [5, 5.41) is 21.8. The Morgan fingerprint density at radius 3 is 2.62 bits per heavy atom. The highest BCUT2D eigenvalue weighted by atomic mass is 79.9. The molecule has 2 heterocycles. The van der Waals surface area contributed by atoms with E-state index in [-0.39, 0.29) is 35.5 Å². The molecule has 1 amide bonds. The predicted molar refractivity (Wildman–Crippen MR) is 142 cm³/mol. The number of aromatic hydroxyl groups is 1. The van der Waals surface area contributed by atoms with E-state index in [2.05, 4.69) is 15.9 Å². The number of hydrogen-bond acceptors (Lipinski definition) is 6. The second-order valence-corrected chi connectivity index (χ2v) is 10.1. The van der Waals surface area contributed by atoms with E-state index in [4.69, 9.17) is 9.47 Å². The largest absolute Gasteiger partial charge is 0.507 e. The maximum absolute atomic E-state index is 13.4. The van der Waals surface area contributed by atoms with Gasteiger partial charge in [-0.25, -0.2) is 0 Å². The van der Waals surface area contributed by atoms with Gasteiger partial charge in [-0.15, -0.1) is 0 Å². The van der Waals surface area contributed by atoms with Gasteiger partial charge in [-0.2, -0.15) is 0 Å². The van der Waals surface area contributed by atoms with Gasteiger partial charge in [0.15, 0.2) is 11.5 Å². The van der Waals surface area contributed by atoms with Crippen LogP contribution in [0.25, 0.3) is 5.76 Å². The number of fused-ring (bicyclic) bond motifs is 1. The lowest BCUT2D eigenvalue weighted by atomic mass is 9.94. The molecule has 2 atom stereocenters. The molecule has 0 saturated carbocycles. The van der Waals surface area contributed by atoms with Crippen LogP contribution in [0.2, 0.25) is 0 Å². The maximum Gasteiger partial charge on any atom is 0.295 e. The third-order valence-electron chi connectivity index (χ3n) is 6.78. The molecule has 1 fully saturated rings. The van der Waals surface area contributed by atoms with Crippen molar-refractivity contribution in [3.05, 3.63) is 93.0 Å². The van der Waals surface area contributed by atoms with Crippen molar-refractivity contribution in [1.82, 2.24) is 4.90 Å². The zero-order valence-electron chi connectivity index (χ0n) is 20.4. The number of carbonyl (C=O) groups is 2. The number of amides is 1. The van der Waals surface area contributed by atoms with Crippen LogP contribution in [0.4, 0.5) is 0 Å². The van der Waals surface area contributed by atoms with Crippen LogP contribution in [0.5, 0.6) is 17.2 Å². The molecule has 0 radical (unpaired) electrons. The van der Waals surface area contributed by atoms with E-state index in [1.54, 1.807) is 30.3 Å². The number of benzene rings is 3. The van der Waals surface area contributed by atoms with Crippen LogP contribution in [0.3, 0.4) is 0 Å². The Bertz CT molecular complexity index is 1420. The molecule has 0 aromatic heterocycles. The van der Waals surface area contributed by atoms with Crippen molar-refractivity contribution in [1.29, 1.82) is 0 Å². The van der Waals surface area contributed by atoms with Gasteiger partial charge in [-0.05, 0) is 76.3 Å². The predicted octanol–water partition coefficient (Wildman–Crippen LogP) is 5.15. The molecule has 7 nitrogen and oxygen atoms in total. The molecule has 190 valence electrons. The lowest BCUT2D eigenvalue weighted by Crippen LogP contribution is -2.31. The van der Waals surface area contributed by atoms with Crippen LogP contribution in [-0.4, -0.2) is 46.6 Å². The first-order valence-electron chi connectivity index (χ1n) is 12.0. The number of halogens is 1. The number of aliphatic hydroxyl groups is 1. The first-order valence-corrected chi connectivity index (χ1v) is 12.8. The smallest absolute Gasteiger partial charge is 0.295 e. The third kappa shape index (κ3) is 4.57. The first kappa shape index (κ1) is 24.9. The molecule has 37 heavy (non-hydrogen) atoms. The van der Waals surface area contributed by atoms with Crippen molar-refractivity contribution in [2.24, 2.45) is 0 Å². The molecule has 0 spiro atoms. The summed E-state index contributed by atoms with van der Waals surface area (Å²) in [6.45, 7) is 2.22. The Balaban J connectivity index is 1.62. The molecule has 0 aliphatic carbocycles. The summed E-state index contributed by atoms with van der Waals surface area (Å²) in [7, 11) is 1.42. The van der Waals surface area contributed by atoms with Crippen molar-refractivity contribution in [3.8, 4) is 17.2 Å². The minimum absolute atomic E-state index is 0.00961. The average Bonchev–Trinajstić information content (AvgIpc) is 3.39.